The van der Waals surface area contributed by atoms with Crippen molar-refractivity contribution in [2.75, 3.05) is 17.3 Å². The monoisotopic (exact) mass is 529 g/mol. The number of hydrogen-bond donors (Lipinski definition) is 3. The van der Waals surface area contributed by atoms with Gasteiger partial charge in [0, 0.05) is 53.3 Å². The third kappa shape index (κ3) is 4.23. The molecule has 1 aliphatic heterocycles. The van der Waals surface area contributed by atoms with Gasteiger partial charge in [-0.15, -0.1) is 0 Å². The molecule has 1 unspecified atom stereocenters. The number of aromatic amines is 1. The number of ether oxygens (including phenoxy) is 1. The summed E-state index contributed by atoms with van der Waals surface area (Å²) in [6.07, 6.45) is 2.53. The summed E-state index contributed by atoms with van der Waals surface area (Å²) in [4.78, 5) is 7.30. The molecule has 4 heterocycles. The molecule has 5 aromatic rings. The van der Waals surface area contributed by atoms with E-state index in [4.69, 9.17) is 26.4 Å². The second-order valence-corrected chi connectivity index (χ2v) is 10.1. The molecule has 3 N–H and O–H groups in total. The van der Waals surface area contributed by atoms with E-state index in [1.165, 1.54) is 5.56 Å². The van der Waals surface area contributed by atoms with E-state index < -0.39 is 6.23 Å². The van der Waals surface area contributed by atoms with E-state index in [1.807, 2.05) is 48.7 Å². The fourth-order valence-electron chi connectivity index (χ4n) is 5.03. The molecule has 194 valence electrons. The van der Waals surface area contributed by atoms with Crippen molar-refractivity contribution in [2.24, 2.45) is 0 Å². The highest BCUT2D eigenvalue weighted by atomic mass is 35.5. The molecule has 0 amide bonds. The van der Waals surface area contributed by atoms with Crippen molar-refractivity contribution in [3.63, 3.8) is 0 Å². The maximum Gasteiger partial charge on any atom is 0.170 e. The number of aliphatic hydroxyl groups is 1. The molecule has 0 saturated heterocycles. The van der Waals surface area contributed by atoms with Crippen LogP contribution in [0.3, 0.4) is 0 Å². The molecular weight excluding hydrogens is 502 g/mol. The van der Waals surface area contributed by atoms with Crippen LogP contribution in [0.25, 0.3) is 16.9 Å². The molecule has 0 fully saturated rings. The highest BCUT2D eigenvalue weighted by molar-refractivity contribution is 6.31. The zero-order chi connectivity index (χ0) is 26.4. The van der Waals surface area contributed by atoms with E-state index in [2.05, 4.69) is 40.3 Å². The van der Waals surface area contributed by atoms with Crippen molar-refractivity contribution in [3.05, 3.63) is 88.3 Å². The minimum absolute atomic E-state index is 0.0504. The molecular formula is C28H28ClN7O2. The number of H-pyrrole nitrogens is 1. The van der Waals surface area contributed by atoms with Crippen LogP contribution in [0.1, 0.15) is 48.4 Å². The molecule has 0 bridgehead atoms. The fraction of sp³-hybridized carbons (Fsp3) is 0.250. The number of hydrogen-bond acceptors (Lipinski definition) is 7. The third-order valence-electron chi connectivity index (χ3n) is 6.89. The first-order valence-electron chi connectivity index (χ1n) is 12.5. The van der Waals surface area contributed by atoms with E-state index in [-0.39, 0.29) is 5.92 Å². The van der Waals surface area contributed by atoms with Gasteiger partial charge in [-0.1, -0.05) is 43.6 Å². The summed E-state index contributed by atoms with van der Waals surface area (Å²) in [6, 6.07) is 15.5. The van der Waals surface area contributed by atoms with Gasteiger partial charge in [0.15, 0.2) is 11.9 Å². The topological polar surface area (TPSA) is 104 Å². The van der Waals surface area contributed by atoms with Gasteiger partial charge in [-0.2, -0.15) is 10.2 Å². The minimum atomic E-state index is -1.06. The maximum absolute atomic E-state index is 11.3. The summed E-state index contributed by atoms with van der Waals surface area (Å²) >= 11 is 6.50. The van der Waals surface area contributed by atoms with E-state index in [0.29, 0.717) is 30.2 Å². The van der Waals surface area contributed by atoms with Crippen molar-refractivity contribution in [1.29, 1.82) is 0 Å². The number of fused-ring (bicyclic) bond motifs is 2. The average Bonchev–Trinajstić information content (AvgIpc) is 3.67. The van der Waals surface area contributed by atoms with Gasteiger partial charge in [-0.25, -0.2) is 9.50 Å². The van der Waals surface area contributed by atoms with Gasteiger partial charge in [-0.05, 0) is 35.2 Å². The Bertz CT molecular complexity index is 1610. The van der Waals surface area contributed by atoms with Crippen molar-refractivity contribution in [1.82, 2.24) is 24.8 Å². The molecule has 38 heavy (non-hydrogen) atoms. The number of aliphatic hydroxyl groups excluding tert-OH is 1. The number of methoxy groups -OCH3 is 1. The lowest BCUT2D eigenvalue weighted by atomic mass is 10.0. The van der Waals surface area contributed by atoms with E-state index in [9.17, 15) is 5.11 Å². The molecule has 0 aliphatic carbocycles. The first-order chi connectivity index (χ1) is 18.4. The fourth-order valence-corrected chi connectivity index (χ4v) is 5.29. The van der Waals surface area contributed by atoms with Crippen molar-refractivity contribution >= 4 is 28.8 Å². The Morgan fingerprint density at radius 1 is 1.13 bits per heavy atom. The summed E-state index contributed by atoms with van der Waals surface area (Å²) < 4.78 is 7.13. The molecule has 0 saturated carbocycles. The Balaban J connectivity index is 1.47. The highest BCUT2D eigenvalue weighted by Gasteiger charge is 2.28. The quantitative estimate of drug-likeness (QED) is 0.238. The number of nitrogens with one attached hydrogen (secondary N) is 2. The van der Waals surface area contributed by atoms with Crippen molar-refractivity contribution in [3.8, 4) is 17.0 Å². The number of halogens is 1. The Kier molecular flexibility index (Phi) is 6.17. The molecule has 9 nitrogen and oxygen atoms in total. The number of rotatable bonds is 7. The van der Waals surface area contributed by atoms with E-state index in [1.54, 1.807) is 17.8 Å². The van der Waals surface area contributed by atoms with Crippen LogP contribution in [0.2, 0.25) is 5.02 Å². The summed E-state index contributed by atoms with van der Waals surface area (Å²) in [5.41, 5.74) is 6.81. The largest absolute Gasteiger partial charge is 0.497 e. The van der Waals surface area contributed by atoms with Gasteiger partial charge in [-0.3, -0.25) is 5.10 Å². The molecule has 3 aromatic heterocycles. The molecule has 0 radical (unpaired) electrons. The Morgan fingerprint density at radius 2 is 1.97 bits per heavy atom. The van der Waals surface area contributed by atoms with Crippen molar-refractivity contribution < 1.29 is 9.84 Å². The third-order valence-corrected chi connectivity index (χ3v) is 7.25. The van der Waals surface area contributed by atoms with E-state index in [0.717, 1.165) is 38.9 Å². The molecule has 6 rings (SSSR count). The smallest absolute Gasteiger partial charge is 0.170 e. The Hall–Kier alpha value is -4.08. The SMILES string of the molecule is COc1cccc(NC(O)c2nn3c(-c4cn[nH]c4)cc(N4Cc5cccc(Cl)c5C4)nc3c2C(C)C)c1. The summed E-state index contributed by atoms with van der Waals surface area (Å²) in [5.74, 6) is 1.56. The van der Waals surface area contributed by atoms with Gasteiger partial charge in [0.2, 0.25) is 0 Å². The van der Waals surface area contributed by atoms with Gasteiger partial charge in [0.1, 0.15) is 17.3 Å². The minimum Gasteiger partial charge on any atom is -0.497 e. The second-order valence-electron chi connectivity index (χ2n) is 9.69. The van der Waals surface area contributed by atoms with Crippen molar-refractivity contribution in [2.45, 2.75) is 39.1 Å². The first-order valence-corrected chi connectivity index (χ1v) is 12.8. The van der Waals surface area contributed by atoms with Gasteiger partial charge >= 0.3 is 0 Å². The first kappa shape index (κ1) is 24.3. The predicted molar refractivity (Wildman–Crippen MR) is 148 cm³/mol. The zero-order valence-corrected chi connectivity index (χ0v) is 22.1. The average molecular weight is 530 g/mol. The lowest BCUT2D eigenvalue weighted by Crippen LogP contribution is -2.17. The number of anilines is 2. The Morgan fingerprint density at radius 3 is 2.71 bits per heavy atom. The van der Waals surface area contributed by atoms with Crippen LogP contribution >= 0.6 is 11.6 Å². The number of nitrogens with zero attached hydrogens (tertiary/aromatic N) is 5. The predicted octanol–water partition coefficient (Wildman–Crippen LogP) is 5.53. The molecule has 10 heteroatoms. The van der Waals surface area contributed by atoms with Crippen LogP contribution < -0.4 is 15.0 Å². The van der Waals surface area contributed by atoms with Gasteiger partial charge < -0.3 is 20.1 Å². The summed E-state index contributed by atoms with van der Waals surface area (Å²) in [7, 11) is 1.61. The number of benzene rings is 2. The normalized spacial score (nSPS) is 13.8. The van der Waals surface area contributed by atoms with Crippen LogP contribution in [0, 0.1) is 0 Å². The zero-order valence-electron chi connectivity index (χ0n) is 21.3. The molecule has 0 spiro atoms. The van der Waals surface area contributed by atoms with E-state index >= 15 is 0 Å². The Labute approximate surface area is 225 Å². The molecule has 2 aromatic carbocycles. The lowest BCUT2D eigenvalue weighted by Gasteiger charge is -2.18. The molecule has 1 atom stereocenters. The van der Waals surface area contributed by atoms with Gasteiger partial charge in [0.25, 0.3) is 0 Å². The highest BCUT2D eigenvalue weighted by Crippen LogP contribution is 2.37. The van der Waals surface area contributed by atoms with Crippen LogP contribution in [0.15, 0.2) is 60.9 Å². The van der Waals surface area contributed by atoms with Crippen LogP contribution in [0.4, 0.5) is 11.5 Å². The molecule has 1 aliphatic rings. The van der Waals surface area contributed by atoms with Gasteiger partial charge in [0.05, 0.1) is 19.0 Å². The summed E-state index contributed by atoms with van der Waals surface area (Å²) in [6.45, 7) is 5.54. The maximum atomic E-state index is 11.3. The number of aromatic nitrogens is 5. The van der Waals surface area contributed by atoms with Crippen LogP contribution in [-0.4, -0.2) is 37.0 Å². The second kappa shape index (κ2) is 9.66. The van der Waals surface area contributed by atoms with Crippen LogP contribution in [-0.2, 0) is 13.1 Å². The summed E-state index contributed by atoms with van der Waals surface area (Å²) in [5, 5.41) is 27.2. The van der Waals surface area contributed by atoms with Crippen LogP contribution in [0.5, 0.6) is 5.75 Å². The standard InChI is InChI=1S/C28H28ClN7O2/c1-16(2)25-26(28(37)32-19-7-5-8-20(10-19)38-3)34-36-23(18-12-30-31-13-18)11-24(33-27(25)36)35-14-17-6-4-9-22(29)21(17)15-35/h4-13,16,28,32,37H,14-15H2,1-3H3,(H,30,31). The lowest BCUT2D eigenvalue weighted by molar-refractivity contribution is 0.201.